The highest BCUT2D eigenvalue weighted by molar-refractivity contribution is 9.10. The molecular weight excluding hydrogens is 325 g/mol. The van der Waals surface area contributed by atoms with Crippen LogP contribution in [0.25, 0.3) is 11.3 Å². The Balaban J connectivity index is 2.72. The van der Waals surface area contributed by atoms with Crippen molar-refractivity contribution < 1.29 is 14.1 Å². The quantitative estimate of drug-likeness (QED) is 0.483. The number of halogens is 2. The van der Waals surface area contributed by atoms with Gasteiger partial charge in [-0.3, -0.25) is 14.9 Å². The number of carbonyl (C=O) groups is 1. The first kappa shape index (κ1) is 12.8. The Bertz CT molecular complexity index is 638. The second-order valence-corrected chi connectivity index (χ2v) is 4.59. The number of hydrogen-bond acceptors (Lipinski definition) is 4. The number of nitrogens with zero attached hydrogens (tertiary/aromatic N) is 1. The van der Waals surface area contributed by atoms with E-state index in [0.29, 0.717) is 10.8 Å². The van der Waals surface area contributed by atoms with E-state index < -0.39 is 4.92 Å². The van der Waals surface area contributed by atoms with Crippen LogP contribution in [-0.2, 0) is 0 Å². The first-order chi connectivity index (χ1) is 8.54. The normalized spacial score (nSPS) is 10.3. The van der Waals surface area contributed by atoms with Crippen LogP contribution in [-0.4, -0.2) is 11.2 Å². The van der Waals surface area contributed by atoms with Gasteiger partial charge in [-0.1, -0.05) is 11.6 Å². The summed E-state index contributed by atoms with van der Waals surface area (Å²) in [6.45, 7) is 0. The number of aldehydes is 1. The van der Waals surface area contributed by atoms with Gasteiger partial charge in [0.2, 0.25) is 0 Å². The predicted molar refractivity (Wildman–Crippen MR) is 68.9 cm³/mol. The molecule has 0 aliphatic rings. The molecule has 0 aliphatic heterocycles. The van der Waals surface area contributed by atoms with Gasteiger partial charge in [0.05, 0.1) is 4.92 Å². The fraction of sp³-hybridized carbons (Fsp3) is 0. The third kappa shape index (κ3) is 2.16. The fourth-order valence-corrected chi connectivity index (χ4v) is 2.25. The molecule has 18 heavy (non-hydrogen) atoms. The van der Waals surface area contributed by atoms with E-state index in [1.54, 1.807) is 6.07 Å². The lowest BCUT2D eigenvalue weighted by molar-refractivity contribution is -0.384. The van der Waals surface area contributed by atoms with Crippen LogP contribution < -0.4 is 0 Å². The van der Waals surface area contributed by atoms with Gasteiger partial charge in [-0.15, -0.1) is 0 Å². The van der Waals surface area contributed by atoms with Crippen molar-refractivity contribution in [3.05, 3.63) is 49.6 Å². The van der Waals surface area contributed by atoms with Crippen molar-refractivity contribution in [1.82, 2.24) is 0 Å². The highest BCUT2D eigenvalue weighted by Crippen LogP contribution is 2.41. The van der Waals surface area contributed by atoms with Crippen LogP contribution in [0.5, 0.6) is 0 Å². The van der Waals surface area contributed by atoms with Crippen molar-refractivity contribution in [2.24, 2.45) is 0 Å². The van der Waals surface area contributed by atoms with Crippen molar-refractivity contribution >= 4 is 39.5 Å². The van der Waals surface area contributed by atoms with Crippen LogP contribution in [0.4, 0.5) is 5.69 Å². The molecule has 1 heterocycles. The number of carbonyl (C=O) groups excluding carboxylic acids is 1. The predicted octanol–water partition coefficient (Wildman–Crippen LogP) is 4.08. The summed E-state index contributed by atoms with van der Waals surface area (Å²) in [6.07, 6.45) is 0.522. The lowest BCUT2D eigenvalue weighted by Gasteiger charge is -2.04. The number of furan rings is 1. The number of nitro groups is 1. The Hall–Kier alpha value is -1.66. The average Bonchev–Trinajstić information content (AvgIpc) is 2.79. The van der Waals surface area contributed by atoms with Crippen LogP contribution in [0.3, 0.4) is 0 Å². The Morgan fingerprint density at radius 2 is 2.06 bits per heavy atom. The van der Waals surface area contributed by atoms with Gasteiger partial charge in [-0.25, -0.2) is 0 Å². The topological polar surface area (TPSA) is 73.3 Å². The largest absolute Gasteiger partial charge is 0.453 e. The van der Waals surface area contributed by atoms with Crippen LogP contribution in [0.15, 0.2) is 33.2 Å². The first-order valence-corrected chi connectivity index (χ1v) is 5.89. The summed E-state index contributed by atoms with van der Waals surface area (Å²) in [4.78, 5) is 21.0. The minimum atomic E-state index is -0.592. The standard InChI is InChI=1S/C11H5BrClNO4/c12-7-2-3-8(13)11(14(16)17)10(7)9-4-1-6(5-15)18-9/h1-5H. The number of benzene rings is 1. The highest BCUT2D eigenvalue weighted by atomic mass is 79.9. The molecule has 0 saturated carbocycles. The summed E-state index contributed by atoms with van der Waals surface area (Å²) in [5.74, 6) is 0.296. The van der Waals surface area contributed by atoms with E-state index in [4.69, 9.17) is 16.0 Å². The molecule has 0 N–H and O–H groups in total. The number of nitro benzene ring substituents is 1. The molecule has 92 valence electrons. The number of rotatable bonds is 3. The van der Waals surface area contributed by atoms with Gasteiger partial charge < -0.3 is 4.42 Å². The Kier molecular flexibility index (Phi) is 3.49. The zero-order valence-corrected chi connectivity index (χ0v) is 11.1. The summed E-state index contributed by atoms with van der Waals surface area (Å²) in [5.41, 5.74) is -0.0570. The summed E-state index contributed by atoms with van der Waals surface area (Å²) >= 11 is 9.02. The molecule has 0 aliphatic carbocycles. The molecular formula is C11H5BrClNO4. The van der Waals surface area contributed by atoms with Gasteiger partial charge >= 0.3 is 0 Å². The van der Waals surface area contributed by atoms with Crippen molar-refractivity contribution in [3.8, 4) is 11.3 Å². The molecule has 0 amide bonds. The molecule has 2 aromatic rings. The van der Waals surface area contributed by atoms with Gasteiger partial charge in [0, 0.05) is 4.47 Å². The maximum Gasteiger partial charge on any atom is 0.299 e. The van der Waals surface area contributed by atoms with E-state index in [-0.39, 0.29) is 27.8 Å². The maximum absolute atomic E-state index is 11.0. The van der Waals surface area contributed by atoms with Crippen LogP contribution in [0.2, 0.25) is 5.02 Å². The second-order valence-electron chi connectivity index (χ2n) is 3.33. The van der Waals surface area contributed by atoms with Gasteiger partial charge in [0.15, 0.2) is 12.0 Å². The Morgan fingerprint density at radius 3 is 2.61 bits per heavy atom. The molecule has 0 unspecified atom stereocenters. The lowest BCUT2D eigenvalue weighted by Crippen LogP contribution is -1.93. The van der Waals surface area contributed by atoms with E-state index in [1.165, 1.54) is 18.2 Å². The van der Waals surface area contributed by atoms with Gasteiger partial charge in [-0.05, 0) is 40.2 Å². The molecule has 0 spiro atoms. The van der Waals surface area contributed by atoms with E-state index >= 15 is 0 Å². The van der Waals surface area contributed by atoms with Crippen LogP contribution in [0, 0.1) is 10.1 Å². The van der Waals surface area contributed by atoms with E-state index in [9.17, 15) is 14.9 Å². The number of hydrogen-bond donors (Lipinski definition) is 0. The SMILES string of the molecule is O=Cc1ccc(-c2c(Br)ccc(Cl)c2[N+](=O)[O-])o1. The summed E-state index contributed by atoms with van der Waals surface area (Å²) in [7, 11) is 0. The third-order valence-corrected chi connectivity index (χ3v) is 3.22. The van der Waals surface area contributed by atoms with Crippen molar-refractivity contribution in [2.75, 3.05) is 0 Å². The lowest BCUT2D eigenvalue weighted by atomic mass is 10.1. The molecule has 1 aromatic heterocycles. The Morgan fingerprint density at radius 1 is 1.33 bits per heavy atom. The van der Waals surface area contributed by atoms with E-state index in [0.717, 1.165) is 0 Å². The molecule has 0 saturated heterocycles. The second kappa shape index (κ2) is 4.91. The Labute approximate surface area is 115 Å². The van der Waals surface area contributed by atoms with Crippen molar-refractivity contribution in [3.63, 3.8) is 0 Å². The summed E-state index contributed by atoms with van der Waals surface area (Å²) in [6, 6.07) is 5.90. The maximum atomic E-state index is 11.0. The smallest absolute Gasteiger partial charge is 0.299 e. The van der Waals surface area contributed by atoms with Gasteiger partial charge in [0.25, 0.3) is 5.69 Å². The molecule has 2 rings (SSSR count). The van der Waals surface area contributed by atoms with Crippen LogP contribution in [0.1, 0.15) is 10.6 Å². The zero-order valence-electron chi connectivity index (χ0n) is 8.72. The monoisotopic (exact) mass is 329 g/mol. The van der Waals surface area contributed by atoms with E-state index in [1.807, 2.05) is 0 Å². The van der Waals surface area contributed by atoms with Gasteiger partial charge in [0.1, 0.15) is 16.3 Å². The third-order valence-electron chi connectivity index (χ3n) is 2.25. The molecule has 0 atom stereocenters. The molecule has 0 bridgehead atoms. The molecule has 1 aromatic carbocycles. The average molecular weight is 331 g/mol. The first-order valence-electron chi connectivity index (χ1n) is 4.72. The van der Waals surface area contributed by atoms with Crippen molar-refractivity contribution in [2.45, 2.75) is 0 Å². The minimum Gasteiger partial charge on any atom is -0.453 e. The molecule has 0 fully saturated rings. The van der Waals surface area contributed by atoms with Crippen molar-refractivity contribution in [1.29, 1.82) is 0 Å². The molecule has 0 radical (unpaired) electrons. The summed E-state index contributed by atoms with van der Waals surface area (Å²) in [5, 5.41) is 11.0. The molecule has 7 heteroatoms. The zero-order chi connectivity index (χ0) is 13.3. The van der Waals surface area contributed by atoms with Crippen LogP contribution >= 0.6 is 27.5 Å². The highest BCUT2D eigenvalue weighted by Gasteiger charge is 2.25. The molecule has 5 nitrogen and oxygen atoms in total. The minimum absolute atomic E-state index is 0.00209. The van der Waals surface area contributed by atoms with E-state index in [2.05, 4.69) is 15.9 Å². The van der Waals surface area contributed by atoms with Gasteiger partial charge in [-0.2, -0.15) is 0 Å². The summed E-state index contributed by atoms with van der Waals surface area (Å²) < 4.78 is 5.65. The fourth-order valence-electron chi connectivity index (χ4n) is 1.50.